The first-order valence-corrected chi connectivity index (χ1v) is 6.08. The molecule has 88 valence electrons. The van der Waals surface area contributed by atoms with Crippen molar-refractivity contribution >= 4 is 11.4 Å². The van der Waals surface area contributed by atoms with Gasteiger partial charge in [-0.3, -0.25) is 4.98 Å². The van der Waals surface area contributed by atoms with Crippen molar-refractivity contribution in [3.63, 3.8) is 0 Å². The molecular formula is C13H21N3. The van der Waals surface area contributed by atoms with Gasteiger partial charge in [0.1, 0.15) is 0 Å². The van der Waals surface area contributed by atoms with E-state index in [2.05, 4.69) is 35.1 Å². The van der Waals surface area contributed by atoms with Gasteiger partial charge >= 0.3 is 0 Å². The molecule has 0 aromatic carbocycles. The van der Waals surface area contributed by atoms with E-state index in [1.165, 1.54) is 18.7 Å². The fourth-order valence-corrected chi connectivity index (χ4v) is 2.30. The maximum Gasteiger partial charge on any atom is 0.0573 e. The highest BCUT2D eigenvalue weighted by Gasteiger charge is 2.25. The number of hydrogen-bond acceptors (Lipinski definition) is 3. The average Bonchev–Trinajstić information content (AvgIpc) is 2.78. The molecule has 0 amide bonds. The lowest BCUT2D eigenvalue weighted by Gasteiger charge is -2.20. The Morgan fingerprint density at radius 3 is 2.88 bits per heavy atom. The second-order valence-corrected chi connectivity index (χ2v) is 4.92. The van der Waals surface area contributed by atoms with Crippen LogP contribution in [0.4, 0.5) is 11.4 Å². The topological polar surface area (TPSA) is 28.2 Å². The zero-order valence-electron chi connectivity index (χ0n) is 10.4. The van der Waals surface area contributed by atoms with Crippen molar-refractivity contribution in [2.75, 3.05) is 30.4 Å². The van der Waals surface area contributed by atoms with Crippen LogP contribution in [0.5, 0.6) is 0 Å². The predicted molar refractivity (Wildman–Crippen MR) is 68.9 cm³/mol. The van der Waals surface area contributed by atoms with Crippen LogP contribution in [0.15, 0.2) is 18.5 Å². The summed E-state index contributed by atoms with van der Waals surface area (Å²) in [5.74, 6) is 1.61. The second kappa shape index (κ2) is 4.73. The average molecular weight is 219 g/mol. The van der Waals surface area contributed by atoms with Gasteiger partial charge in [0.2, 0.25) is 0 Å². The molecule has 2 heterocycles. The number of hydrogen-bond donors (Lipinski definition) is 1. The van der Waals surface area contributed by atoms with Crippen LogP contribution in [0.25, 0.3) is 0 Å². The molecule has 1 aliphatic heterocycles. The standard InChI is InChI=1S/C13H21N3/c1-10(2)11-4-5-16(9-11)13-6-12(14-3)7-15-8-13/h6-8,10-11,14H,4-5,9H2,1-3H3. The van der Waals surface area contributed by atoms with E-state index in [9.17, 15) is 0 Å². The number of pyridine rings is 1. The third kappa shape index (κ3) is 2.29. The minimum atomic E-state index is 0.783. The SMILES string of the molecule is CNc1cncc(N2CCC(C(C)C)C2)c1. The molecule has 0 aliphatic carbocycles. The van der Waals surface area contributed by atoms with E-state index in [4.69, 9.17) is 0 Å². The molecule has 0 bridgehead atoms. The quantitative estimate of drug-likeness (QED) is 0.847. The minimum Gasteiger partial charge on any atom is -0.387 e. The molecular weight excluding hydrogens is 198 g/mol. The van der Waals surface area contributed by atoms with E-state index < -0.39 is 0 Å². The summed E-state index contributed by atoms with van der Waals surface area (Å²) in [4.78, 5) is 6.71. The van der Waals surface area contributed by atoms with Gasteiger partial charge in [-0.1, -0.05) is 13.8 Å². The van der Waals surface area contributed by atoms with Gasteiger partial charge in [0.25, 0.3) is 0 Å². The minimum absolute atomic E-state index is 0.783. The summed E-state index contributed by atoms with van der Waals surface area (Å²) in [7, 11) is 1.93. The van der Waals surface area contributed by atoms with Gasteiger partial charge in [-0.2, -0.15) is 0 Å². The van der Waals surface area contributed by atoms with Crippen LogP contribution in [0.2, 0.25) is 0 Å². The highest BCUT2D eigenvalue weighted by Crippen LogP contribution is 2.28. The molecule has 0 radical (unpaired) electrons. The van der Waals surface area contributed by atoms with E-state index in [-0.39, 0.29) is 0 Å². The first-order chi connectivity index (χ1) is 7.70. The van der Waals surface area contributed by atoms with Crippen molar-refractivity contribution in [2.45, 2.75) is 20.3 Å². The first kappa shape index (κ1) is 11.2. The molecule has 16 heavy (non-hydrogen) atoms. The molecule has 2 rings (SSSR count). The molecule has 3 heteroatoms. The first-order valence-electron chi connectivity index (χ1n) is 6.08. The monoisotopic (exact) mass is 219 g/mol. The highest BCUT2D eigenvalue weighted by atomic mass is 15.2. The Hall–Kier alpha value is -1.25. The van der Waals surface area contributed by atoms with Crippen molar-refractivity contribution in [3.05, 3.63) is 18.5 Å². The van der Waals surface area contributed by atoms with E-state index in [1.807, 2.05) is 19.4 Å². The van der Waals surface area contributed by atoms with Gasteiger partial charge in [0, 0.05) is 20.1 Å². The summed E-state index contributed by atoms with van der Waals surface area (Å²) in [5, 5.41) is 3.14. The van der Waals surface area contributed by atoms with Crippen LogP contribution in [-0.2, 0) is 0 Å². The third-order valence-corrected chi connectivity index (χ3v) is 3.55. The van der Waals surface area contributed by atoms with Gasteiger partial charge in [0.05, 0.1) is 23.8 Å². The molecule has 1 saturated heterocycles. The summed E-state index contributed by atoms with van der Waals surface area (Å²) in [6.45, 7) is 6.97. The number of nitrogens with one attached hydrogen (secondary N) is 1. The number of anilines is 2. The van der Waals surface area contributed by atoms with E-state index in [0.717, 1.165) is 24.1 Å². The van der Waals surface area contributed by atoms with E-state index in [0.29, 0.717) is 0 Å². The Balaban J connectivity index is 2.08. The molecule has 1 unspecified atom stereocenters. The van der Waals surface area contributed by atoms with E-state index >= 15 is 0 Å². The Morgan fingerprint density at radius 2 is 2.25 bits per heavy atom. The molecule has 1 aromatic heterocycles. The molecule has 0 spiro atoms. The second-order valence-electron chi connectivity index (χ2n) is 4.92. The van der Waals surface area contributed by atoms with Crippen molar-refractivity contribution in [3.8, 4) is 0 Å². The van der Waals surface area contributed by atoms with Crippen LogP contribution in [0.1, 0.15) is 20.3 Å². The summed E-state index contributed by atoms with van der Waals surface area (Å²) in [6.07, 6.45) is 5.13. The zero-order chi connectivity index (χ0) is 11.5. The van der Waals surface area contributed by atoms with Gasteiger partial charge in [-0.05, 0) is 24.3 Å². The summed E-state index contributed by atoms with van der Waals surface area (Å²) < 4.78 is 0. The van der Waals surface area contributed by atoms with Crippen molar-refractivity contribution in [2.24, 2.45) is 11.8 Å². The zero-order valence-corrected chi connectivity index (χ0v) is 10.4. The van der Waals surface area contributed by atoms with Gasteiger partial charge in [-0.25, -0.2) is 0 Å². The smallest absolute Gasteiger partial charge is 0.0573 e. The fourth-order valence-electron chi connectivity index (χ4n) is 2.30. The highest BCUT2D eigenvalue weighted by molar-refractivity contribution is 5.55. The number of rotatable bonds is 3. The summed E-state index contributed by atoms with van der Waals surface area (Å²) in [6, 6.07) is 2.18. The third-order valence-electron chi connectivity index (χ3n) is 3.55. The van der Waals surface area contributed by atoms with Crippen LogP contribution in [0.3, 0.4) is 0 Å². The Bertz CT molecular complexity index is 349. The predicted octanol–water partition coefficient (Wildman–Crippen LogP) is 2.61. The Morgan fingerprint density at radius 1 is 1.44 bits per heavy atom. The fraction of sp³-hybridized carbons (Fsp3) is 0.615. The largest absolute Gasteiger partial charge is 0.387 e. The van der Waals surface area contributed by atoms with E-state index in [1.54, 1.807) is 0 Å². The molecule has 3 nitrogen and oxygen atoms in total. The molecule has 1 fully saturated rings. The number of aromatic nitrogens is 1. The Labute approximate surface area is 97.9 Å². The molecule has 1 aromatic rings. The molecule has 1 atom stereocenters. The van der Waals surface area contributed by atoms with Crippen LogP contribution in [-0.4, -0.2) is 25.1 Å². The lowest BCUT2D eigenvalue weighted by Crippen LogP contribution is -2.21. The maximum atomic E-state index is 4.27. The van der Waals surface area contributed by atoms with Crippen LogP contribution in [0, 0.1) is 11.8 Å². The number of nitrogens with zero attached hydrogens (tertiary/aromatic N) is 2. The summed E-state index contributed by atoms with van der Waals surface area (Å²) >= 11 is 0. The van der Waals surface area contributed by atoms with Gasteiger partial charge < -0.3 is 10.2 Å². The molecule has 1 aliphatic rings. The normalized spacial score (nSPS) is 20.5. The molecule has 1 N–H and O–H groups in total. The summed E-state index contributed by atoms with van der Waals surface area (Å²) in [5.41, 5.74) is 2.33. The lowest BCUT2D eigenvalue weighted by molar-refractivity contribution is 0.423. The van der Waals surface area contributed by atoms with Crippen LogP contribution < -0.4 is 10.2 Å². The van der Waals surface area contributed by atoms with Crippen LogP contribution >= 0.6 is 0 Å². The van der Waals surface area contributed by atoms with Crippen molar-refractivity contribution in [1.29, 1.82) is 0 Å². The molecule has 0 saturated carbocycles. The lowest BCUT2D eigenvalue weighted by atomic mass is 9.95. The maximum absolute atomic E-state index is 4.27. The van der Waals surface area contributed by atoms with Gasteiger partial charge in [-0.15, -0.1) is 0 Å². The van der Waals surface area contributed by atoms with Crippen molar-refractivity contribution in [1.82, 2.24) is 4.98 Å². The van der Waals surface area contributed by atoms with Crippen molar-refractivity contribution < 1.29 is 0 Å². The Kier molecular flexibility index (Phi) is 3.32. The van der Waals surface area contributed by atoms with Gasteiger partial charge in [0.15, 0.2) is 0 Å².